The van der Waals surface area contributed by atoms with Crippen LogP contribution in [0.5, 0.6) is 0 Å². The highest BCUT2D eigenvalue weighted by Crippen LogP contribution is 2.46. The lowest BCUT2D eigenvalue weighted by Gasteiger charge is -2.08. The van der Waals surface area contributed by atoms with Crippen molar-refractivity contribution < 1.29 is 4.42 Å². The molecule has 4 nitrogen and oxygen atoms in total. The Morgan fingerprint density at radius 1 is 0.438 bits per heavy atom. The second-order valence-electron chi connectivity index (χ2n) is 12.6. The molecule has 4 heteroatoms. The molecule has 0 amide bonds. The van der Waals surface area contributed by atoms with E-state index in [0.29, 0.717) is 0 Å². The fourth-order valence-corrected chi connectivity index (χ4v) is 7.76. The van der Waals surface area contributed by atoms with Crippen molar-refractivity contribution in [3.05, 3.63) is 152 Å². The van der Waals surface area contributed by atoms with Gasteiger partial charge in [0, 0.05) is 43.7 Å². The second kappa shape index (κ2) is 9.50. The molecule has 0 aliphatic heterocycles. The van der Waals surface area contributed by atoms with Crippen molar-refractivity contribution in [2.75, 3.05) is 0 Å². The molecular weight excluding hydrogens is 587 g/mol. The third kappa shape index (κ3) is 3.54. The summed E-state index contributed by atoms with van der Waals surface area (Å²) in [4.78, 5) is 10.2. The number of para-hydroxylation sites is 2. The summed E-state index contributed by atoms with van der Waals surface area (Å²) in [6.45, 7) is 0. The SMILES string of the molecule is c1ccc(-n2c3ccccc3c3cc(-c4ccc5oc6ccc(-c7nc8c9c(cccc9n7)-c7ccccc7-8)cc6c5c4)ccc32)cc1. The van der Waals surface area contributed by atoms with E-state index in [1.807, 2.05) is 6.07 Å². The highest BCUT2D eigenvalue weighted by molar-refractivity contribution is 6.14. The number of rotatable bonds is 3. The summed E-state index contributed by atoms with van der Waals surface area (Å²) in [6.07, 6.45) is 0. The zero-order chi connectivity index (χ0) is 31.3. The largest absolute Gasteiger partial charge is 0.456 e. The first-order valence-electron chi connectivity index (χ1n) is 16.2. The Bertz CT molecular complexity index is 2950. The van der Waals surface area contributed by atoms with E-state index in [2.05, 4.69) is 150 Å². The Morgan fingerprint density at radius 2 is 1.08 bits per heavy atom. The lowest BCUT2D eigenvalue weighted by molar-refractivity contribution is 0.669. The molecule has 0 saturated carbocycles. The third-order valence-corrected chi connectivity index (χ3v) is 9.94. The van der Waals surface area contributed by atoms with Gasteiger partial charge in [0.1, 0.15) is 11.2 Å². The summed E-state index contributed by atoms with van der Waals surface area (Å²) in [5.74, 6) is 0.721. The molecule has 11 rings (SSSR count). The van der Waals surface area contributed by atoms with Crippen LogP contribution in [-0.2, 0) is 0 Å². The van der Waals surface area contributed by atoms with Crippen LogP contribution in [0.3, 0.4) is 0 Å². The van der Waals surface area contributed by atoms with Gasteiger partial charge in [-0.15, -0.1) is 0 Å². The minimum Gasteiger partial charge on any atom is -0.456 e. The highest BCUT2D eigenvalue weighted by atomic mass is 16.3. The lowest BCUT2D eigenvalue weighted by atomic mass is 10.00. The van der Waals surface area contributed by atoms with Gasteiger partial charge in [0.15, 0.2) is 5.82 Å². The van der Waals surface area contributed by atoms with Crippen molar-refractivity contribution in [1.29, 1.82) is 0 Å². The summed E-state index contributed by atoms with van der Waals surface area (Å²) >= 11 is 0. The molecule has 3 heterocycles. The van der Waals surface area contributed by atoms with Crippen LogP contribution >= 0.6 is 0 Å². The quantitative estimate of drug-likeness (QED) is 0.200. The first kappa shape index (κ1) is 25.6. The number of furan rings is 1. The van der Waals surface area contributed by atoms with E-state index in [0.717, 1.165) is 66.7 Å². The van der Waals surface area contributed by atoms with Crippen LogP contribution < -0.4 is 0 Å². The van der Waals surface area contributed by atoms with E-state index < -0.39 is 0 Å². The summed E-state index contributed by atoms with van der Waals surface area (Å²) in [6, 6.07) is 53.7. The van der Waals surface area contributed by atoms with Crippen molar-refractivity contribution in [2.45, 2.75) is 0 Å². The summed E-state index contributed by atoms with van der Waals surface area (Å²) in [5.41, 5.74) is 14.1. The summed E-state index contributed by atoms with van der Waals surface area (Å²) in [7, 11) is 0. The molecule has 48 heavy (non-hydrogen) atoms. The van der Waals surface area contributed by atoms with E-state index >= 15 is 0 Å². The van der Waals surface area contributed by atoms with Crippen molar-refractivity contribution in [1.82, 2.24) is 14.5 Å². The van der Waals surface area contributed by atoms with Crippen molar-refractivity contribution in [3.63, 3.8) is 0 Å². The van der Waals surface area contributed by atoms with Crippen molar-refractivity contribution >= 4 is 54.6 Å². The Kier molecular flexibility index (Phi) is 5.08. The molecule has 0 fully saturated rings. The van der Waals surface area contributed by atoms with E-state index in [4.69, 9.17) is 14.4 Å². The molecule has 0 bridgehead atoms. The highest BCUT2D eigenvalue weighted by Gasteiger charge is 2.24. The Morgan fingerprint density at radius 3 is 1.94 bits per heavy atom. The molecule has 1 aliphatic carbocycles. The van der Waals surface area contributed by atoms with Crippen LogP contribution in [0, 0.1) is 0 Å². The maximum Gasteiger partial charge on any atom is 0.160 e. The standard InChI is InChI=1S/C44H25N3O/c1-2-9-29(10-3-1)47-38-16-7-6-12-31(38)34-23-26(17-20-39(34)47)27-18-21-40-35(24-27)36-25-28(19-22-41(36)48-40)44-45-37-15-8-14-32-30-11-4-5-13-33(30)43(46-44)42(32)37/h1-25H. The molecular formula is C44H25N3O. The predicted molar refractivity (Wildman–Crippen MR) is 196 cm³/mol. The number of aromatic nitrogens is 3. The van der Waals surface area contributed by atoms with Crippen molar-refractivity contribution in [2.24, 2.45) is 0 Å². The fourth-order valence-electron chi connectivity index (χ4n) is 7.76. The molecule has 222 valence electrons. The first-order valence-corrected chi connectivity index (χ1v) is 16.2. The summed E-state index contributed by atoms with van der Waals surface area (Å²) in [5, 5.41) is 5.74. The first-order chi connectivity index (χ1) is 23.8. The van der Waals surface area contributed by atoms with Crippen LogP contribution in [0.2, 0.25) is 0 Å². The molecule has 0 atom stereocenters. The monoisotopic (exact) mass is 611 g/mol. The normalized spacial score (nSPS) is 12.2. The number of nitrogens with zero attached hydrogens (tertiary/aromatic N) is 3. The average Bonchev–Trinajstić information content (AvgIpc) is 3.80. The van der Waals surface area contributed by atoms with Crippen LogP contribution in [0.25, 0.3) is 105 Å². The van der Waals surface area contributed by atoms with Gasteiger partial charge in [0.25, 0.3) is 0 Å². The lowest BCUT2D eigenvalue weighted by Crippen LogP contribution is -1.93. The smallest absolute Gasteiger partial charge is 0.160 e. The molecule has 0 spiro atoms. The van der Waals surface area contributed by atoms with Crippen LogP contribution in [0.1, 0.15) is 0 Å². The van der Waals surface area contributed by atoms with E-state index in [1.165, 1.54) is 38.5 Å². The number of fused-ring (bicyclic) bond motifs is 9. The summed E-state index contributed by atoms with van der Waals surface area (Å²) < 4.78 is 8.69. The Labute approximate surface area is 275 Å². The number of benzene rings is 7. The Balaban J connectivity index is 1.07. The molecule has 0 saturated heterocycles. The number of hydrogen-bond acceptors (Lipinski definition) is 3. The van der Waals surface area contributed by atoms with Gasteiger partial charge in [-0.05, 0) is 89.0 Å². The molecule has 0 N–H and O–H groups in total. The topological polar surface area (TPSA) is 43.9 Å². The van der Waals surface area contributed by atoms with Gasteiger partial charge in [0.2, 0.25) is 0 Å². The maximum atomic E-state index is 6.34. The van der Waals surface area contributed by atoms with Gasteiger partial charge in [-0.2, -0.15) is 0 Å². The zero-order valence-electron chi connectivity index (χ0n) is 25.7. The van der Waals surface area contributed by atoms with E-state index in [-0.39, 0.29) is 0 Å². The Hall–Kier alpha value is -6.52. The average molecular weight is 612 g/mol. The van der Waals surface area contributed by atoms with Gasteiger partial charge >= 0.3 is 0 Å². The van der Waals surface area contributed by atoms with Gasteiger partial charge in [0.05, 0.1) is 22.2 Å². The molecule has 0 radical (unpaired) electrons. The molecule has 0 unspecified atom stereocenters. The molecule has 3 aromatic heterocycles. The molecule has 7 aromatic carbocycles. The van der Waals surface area contributed by atoms with Gasteiger partial charge in [-0.3, -0.25) is 0 Å². The predicted octanol–water partition coefficient (Wildman–Crippen LogP) is 11.6. The van der Waals surface area contributed by atoms with Crippen LogP contribution in [0.15, 0.2) is 156 Å². The number of hydrogen-bond donors (Lipinski definition) is 0. The maximum absolute atomic E-state index is 6.34. The molecule has 1 aliphatic rings. The van der Waals surface area contributed by atoms with Crippen LogP contribution in [0.4, 0.5) is 0 Å². The second-order valence-corrected chi connectivity index (χ2v) is 12.6. The fraction of sp³-hybridized carbons (Fsp3) is 0. The van der Waals surface area contributed by atoms with E-state index in [9.17, 15) is 0 Å². The minimum atomic E-state index is 0.721. The third-order valence-electron chi connectivity index (χ3n) is 9.94. The van der Waals surface area contributed by atoms with Crippen molar-refractivity contribution in [3.8, 4) is 50.6 Å². The van der Waals surface area contributed by atoms with Gasteiger partial charge in [-0.1, -0.05) is 84.9 Å². The van der Waals surface area contributed by atoms with Gasteiger partial charge in [-0.25, -0.2) is 9.97 Å². The molecule has 10 aromatic rings. The van der Waals surface area contributed by atoms with E-state index in [1.54, 1.807) is 0 Å². The van der Waals surface area contributed by atoms with Gasteiger partial charge < -0.3 is 8.98 Å². The zero-order valence-corrected chi connectivity index (χ0v) is 25.7. The van der Waals surface area contributed by atoms with Crippen LogP contribution in [-0.4, -0.2) is 14.5 Å². The minimum absolute atomic E-state index is 0.721.